The van der Waals surface area contributed by atoms with Crippen molar-refractivity contribution < 1.29 is 13.7 Å². The van der Waals surface area contributed by atoms with Gasteiger partial charge in [0.25, 0.3) is 0 Å². The highest BCUT2D eigenvalue weighted by atomic mass is 32.2. The molecule has 1 heterocycles. The molecule has 0 bridgehead atoms. The Bertz CT molecular complexity index is 984. The van der Waals surface area contributed by atoms with Gasteiger partial charge in [-0.15, -0.1) is 0 Å². The molecule has 0 radical (unpaired) electrons. The Hall–Kier alpha value is -2.92. The summed E-state index contributed by atoms with van der Waals surface area (Å²) in [5.74, 6) is 1.28. The van der Waals surface area contributed by atoms with Gasteiger partial charge in [0.15, 0.2) is 0 Å². The molecule has 4 rings (SSSR count). The maximum Gasteiger partial charge on any atom is 0.218 e. The van der Waals surface area contributed by atoms with Crippen LogP contribution in [0.2, 0.25) is 0 Å². The lowest BCUT2D eigenvalue weighted by Gasteiger charge is -2.09. The Morgan fingerprint density at radius 3 is 2.41 bits per heavy atom. The van der Waals surface area contributed by atoms with Gasteiger partial charge in [0.1, 0.15) is 18.4 Å². The highest BCUT2D eigenvalue weighted by Crippen LogP contribution is 2.28. The lowest BCUT2D eigenvalue weighted by atomic mass is 10.1. The van der Waals surface area contributed by atoms with E-state index in [-0.39, 0.29) is 6.04 Å². The molecule has 3 aromatic rings. The lowest BCUT2D eigenvalue weighted by Crippen LogP contribution is -2.07. The first-order chi connectivity index (χ1) is 13.3. The van der Waals surface area contributed by atoms with Crippen LogP contribution in [0.15, 0.2) is 93.6 Å². The molecule has 1 aliphatic heterocycles. The summed E-state index contributed by atoms with van der Waals surface area (Å²) in [5.41, 5.74) is 1.88. The molecule has 2 atom stereocenters. The summed E-state index contributed by atoms with van der Waals surface area (Å²) in [4.78, 5) is 6.13. The summed E-state index contributed by atoms with van der Waals surface area (Å²) in [6.45, 7) is 0.489. The van der Waals surface area contributed by atoms with E-state index in [4.69, 9.17) is 14.5 Å². The smallest absolute Gasteiger partial charge is 0.218 e. The van der Waals surface area contributed by atoms with Crippen LogP contribution in [-0.2, 0) is 15.5 Å². The fraction of sp³-hybridized carbons (Fsp3) is 0.136. The third kappa shape index (κ3) is 3.64. The molecular weight excluding hydrogens is 358 g/mol. The molecule has 0 spiro atoms. The van der Waals surface area contributed by atoms with Crippen molar-refractivity contribution in [1.82, 2.24) is 0 Å². The molecule has 3 aromatic carbocycles. The number of ether oxygens (including phenoxy) is 2. The molecule has 1 aliphatic rings. The summed E-state index contributed by atoms with van der Waals surface area (Å²) >= 11 is 0. The summed E-state index contributed by atoms with van der Waals surface area (Å²) < 4.78 is 24.2. The van der Waals surface area contributed by atoms with Gasteiger partial charge in [0.2, 0.25) is 5.90 Å². The number of hydrogen-bond donors (Lipinski definition) is 0. The van der Waals surface area contributed by atoms with Crippen LogP contribution in [0.25, 0.3) is 0 Å². The molecule has 0 aliphatic carbocycles. The molecule has 4 nitrogen and oxygen atoms in total. The van der Waals surface area contributed by atoms with Crippen molar-refractivity contribution in [3.8, 4) is 5.75 Å². The summed E-state index contributed by atoms with van der Waals surface area (Å²) in [7, 11) is 0.274. The number of methoxy groups -OCH3 is 1. The number of aliphatic imine (C=N–C) groups is 1. The van der Waals surface area contributed by atoms with E-state index in [1.165, 1.54) is 0 Å². The molecule has 0 amide bonds. The summed E-state index contributed by atoms with van der Waals surface area (Å²) in [6.07, 6.45) is 0. The first-order valence-electron chi connectivity index (χ1n) is 8.67. The van der Waals surface area contributed by atoms with Crippen molar-refractivity contribution in [3.63, 3.8) is 0 Å². The van der Waals surface area contributed by atoms with E-state index in [1.807, 2.05) is 78.9 Å². The van der Waals surface area contributed by atoms with Gasteiger partial charge >= 0.3 is 0 Å². The quantitative estimate of drug-likeness (QED) is 0.663. The number of nitrogens with zero attached hydrogens (tertiary/aromatic N) is 1. The van der Waals surface area contributed by atoms with Crippen molar-refractivity contribution in [1.29, 1.82) is 0 Å². The van der Waals surface area contributed by atoms with E-state index in [9.17, 15) is 4.21 Å². The second-order valence-corrected chi connectivity index (χ2v) is 7.56. The fourth-order valence-electron chi connectivity index (χ4n) is 3.00. The number of benzene rings is 3. The molecule has 136 valence electrons. The fourth-order valence-corrected chi connectivity index (χ4v) is 4.19. The molecule has 0 fully saturated rings. The molecule has 0 saturated carbocycles. The number of hydrogen-bond acceptors (Lipinski definition) is 4. The first-order valence-corrected chi connectivity index (χ1v) is 9.82. The van der Waals surface area contributed by atoms with Crippen LogP contribution < -0.4 is 4.74 Å². The maximum absolute atomic E-state index is 13.1. The predicted octanol–water partition coefficient (Wildman–Crippen LogP) is 4.38. The van der Waals surface area contributed by atoms with Gasteiger partial charge in [-0.2, -0.15) is 0 Å². The molecule has 0 aromatic heterocycles. The standard InChI is InChI=1S/C22H19NO3S/c1-25-17-11-13-18(14-12-17)27(24)21-10-6-5-9-19(21)22-23-20(15-26-22)16-7-3-2-4-8-16/h2-14,20H,15H2,1H3/t20?,27-/m0/s1. The van der Waals surface area contributed by atoms with E-state index in [2.05, 4.69) is 0 Å². The minimum absolute atomic E-state index is 0.0383. The molecular formula is C22H19NO3S. The van der Waals surface area contributed by atoms with E-state index < -0.39 is 10.8 Å². The third-order valence-corrected chi connectivity index (χ3v) is 5.88. The van der Waals surface area contributed by atoms with Crippen LogP contribution in [0.4, 0.5) is 0 Å². The van der Waals surface area contributed by atoms with Crippen LogP contribution in [-0.4, -0.2) is 23.8 Å². The van der Waals surface area contributed by atoms with E-state index in [0.29, 0.717) is 22.3 Å². The van der Waals surface area contributed by atoms with Gasteiger partial charge in [-0.05, 0) is 42.0 Å². The van der Waals surface area contributed by atoms with Crippen molar-refractivity contribution in [2.45, 2.75) is 15.8 Å². The average molecular weight is 377 g/mol. The summed E-state index contributed by atoms with van der Waals surface area (Å²) in [6, 6.07) is 24.8. The van der Waals surface area contributed by atoms with Crippen LogP contribution >= 0.6 is 0 Å². The Kier molecular flexibility index (Phi) is 5.03. The molecule has 0 saturated heterocycles. The SMILES string of the molecule is COc1ccc([S@](=O)c2ccccc2C2=NC(c3ccccc3)CO2)cc1. The summed E-state index contributed by atoms with van der Waals surface area (Å²) in [5, 5.41) is 0. The molecule has 5 heteroatoms. The maximum atomic E-state index is 13.1. The van der Waals surface area contributed by atoms with Gasteiger partial charge in [-0.3, -0.25) is 0 Å². The average Bonchev–Trinajstić information content (AvgIpc) is 3.24. The minimum atomic E-state index is -1.34. The second kappa shape index (κ2) is 7.76. The Balaban J connectivity index is 1.66. The van der Waals surface area contributed by atoms with Crippen molar-refractivity contribution in [2.75, 3.05) is 13.7 Å². The van der Waals surface area contributed by atoms with Crippen LogP contribution in [0.3, 0.4) is 0 Å². The van der Waals surface area contributed by atoms with Crippen molar-refractivity contribution in [3.05, 3.63) is 90.0 Å². The first kappa shape index (κ1) is 17.5. The molecule has 27 heavy (non-hydrogen) atoms. The Morgan fingerprint density at radius 1 is 0.963 bits per heavy atom. The zero-order chi connectivity index (χ0) is 18.6. The number of rotatable bonds is 5. The highest BCUT2D eigenvalue weighted by molar-refractivity contribution is 7.85. The Morgan fingerprint density at radius 2 is 1.67 bits per heavy atom. The molecule has 1 unspecified atom stereocenters. The van der Waals surface area contributed by atoms with Gasteiger partial charge in [-0.25, -0.2) is 9.20 Å². The molecule has 0 N–H and O–H groups in total. The third-order valence-electron chi connectivity index (χ3n) is 4.43. The largest absolute Gasteiger partial charge is 0.497 e. The predicted molar refractivity (Wildman–Crippen MR) is 106 cm³/mol. The van der Waals surface area contributed by atoms with E-state index in [1.54, 1.807) is 7.11 Å². The minimum Gasteiger partial charge on any atom is -0.497 e. The zero-order valence-corrected chi connectivity index (χ0v) is 15.7. The van der Waals surface area contributed by atoms with Crippen LogP contribution in [0, 0.1) is 0 Å². The van der Waals surface area contributed by atoms with E-state index >= 15 is 0 Å². The van der Waals surface area contributed by atoms with Gasteiger partial charge in [-0.1, -0.05) is 42.5 Å². The second-order valence-electron chi connectivity index (χ2n) is 6.11. The van der Waals surface area contributed by atoms with Gasteiger partial charge in [0, 0.05) is 4.90 Å². The van der Waals surface area contributed by atoms with Gasteiger partial charge < -0.3 is 9.47 Å². The van der Waals surface area contributed by atoms with E-state index in [0.717, 1.165) is 16.9 Å². The van der Waals surface area contributed by atoms with Crippen molar-refractivity contribution >= 4 is 16.7 Å². The normalized spacial score (nSPS) is 17.1. The van der Waals surface area contributed by atoms with Crippen LogP contribution in [0.5, 0.6) is 5.75 Å². The van der Waals surface area contributed by atoms with Crippen LogP contribution in [0.1, 0.15) is 17.2 Å². The lowest BCUT2D eigenvalue weighted by molar-refractivity contribution is 0.319. The zero-order valence-electron chi connectivity index (χ0n) is 14.9. The topological polar surface area (TPSA) is 47.9 Å². The highest BCUT2D eigenvalue weighted by Gasteiger charge is 2.24. The van der Waals surface area contributed by atoms with Gasteiger partial charge in [0.05, 0.1) is 28.4 Å². The van der Waals surface area contributed by atoms with Crippen molar-refractivity contribution in [2.24, 2.45) is 4.99 Å². The monoisotopic (exact) mass is 377 g/mol. The Labute approximate surface area is 160 Å².